The molecule has 0 spiro atoms. The second kappa shape index (κ2) is 2.84. The number of nitrogens with two attached hydrogens (primary N) is 1. The van der Waals surface area contributed by atoms with Gasteiger partial charge in [0, 0.05) is 9.62 Å². The smallest absolute Gasteiger partial charge is 0.0272 e. The molecular formula is C7H10IN. The Bertz CT molecular complexity index is 170. The Morgan fingerprint density at radius 3 is 2.89 bits per heavy atom. The summed E-state index contributed by atoms with van der Waals surface area (Å²) < 4.78 is 1.30. The van der Waals surface area contributed by atoms with Crippen LogP contribution < -0.4 is 5.73 Å². The maximum absolute atomic E-state index is 5.66. The predicted octanol–water partition coefficient (Wildman–Crippen LogP) is 1.98. The van der Waals surface area contributed by atoms with E-state index in [1.54, 1.807) is 0 Å². The van der Waals surface area contributed by atoms with Gasteiger partial charge >= 0.3 is 0 Å². The van der Waals surface area contributed by atoms with Crippen molar-refractivity contribution >= 4 is 22.6 Å². The van der Waals surface area contributed by atoms with E-state index in [2.05, 4.69) is 41.7 Å². The lowest BCUT2D eigenvalue weighted by molar-refractivity contribution is 0.817. The van der Waals surface area contributed by atoms with E-state index in [4.69, 9.17) is 5.73 Å². The molecule has 0 fully saturated rings. The van der Waals surface area contributed by atoms with E-state index in [1.807, 2.05) is 0 Å². The molecule has 1 aliphatic rings. The molecule has 0 radical (unpaired) electrons. The topological polar surface area (TPSA) is 26.0 Å². The second-order valence-electron chi connectivity index (χ2n) is 2.30. The van der Waals surface area contributed by atoms with Gasteiger partial charge in [0.15, 0.2) is 0 Å². The third kappa shape index (κ3) is 1.79. The van der Waals surface area contributed by atoms with Crippen LogP contribution in [0.15, 0.2) is 21.3 Å². The van der Waals surface area contributed by atoms with Gasteiger partial charge in [0.05, 0.1) is 0 Å². The van der Waals surface area contributed by atoms with E-state index >= 15 is 0 Å². The van der Waals surface area contributed by atoms with Crippen molar-refractivity contribution in [1.29, 1.82) is 0 Å². The summed E-state index contributed by atoms with van der Waals surface area (Å²) in [7, 11) is 0. The van der Waals surface area contributed by atoms with Crippen molar-refractivity contribution in [1.82, 2.24) is 0 Å². The number of hydrogen-bond donors (Lipinski definition) is 1. The SMILES string of the molecule is CC1=CCC(N)C=C1I. The van der Waals surface area contributed by atoms with Crippen LogP contribution in [0.1, 0.15) is 13.3 Å². The van der Waals surface area contributed by atoms with Crippen molar-refractivity contribution in [3.05, 3.63) is 21.3 Å². The third-order valence-electron chi connectivity index (χ3n) is 1.43. The molecule has 0 saturated carbocycles. The summed E-state index contributed by atoms with van der Waals surface area (Å²) in [6.07, 6.45) is 5.29. The van der Waals surface area contributed by atoms with E-state index in [1.165, 1.54) is 9.15 Å². The quantitative estimate of drug-likeness (QED) is 0.638. The van der Waals surface area contributed by atoms with Crippen molar-refractivity contribution in [2.75, 3.05) is 0 Å². The summed E-state index contributed by atoms with van der Waals surface area (Å²) in [6, 6.07) is 0.251. The van der Waals surface area contributed by atoms with Crippen LogP contribution in [0.2, 0.25) is 0 Å². The molecule has 1 rings (SSSR count). The normalized spacial score (nSPS) is 27.2. The molecule has 1 nitrogen and oxygen atoms in total. The molecule has 0 bridgehead atoms. The highest BCUT2D eigenvalue weighted by molar-refractivity contribution is 14.1. The lowest BCUT2D eigenvalue weighted by atomic mass is 10.1. The molecular weight excluding hydrogens is 225 g/mol. The first-order valence-electron chi connectivity index (χ1n) is 3.00. The van der Waals surface area contributed by atoms with Gasteiger partial charge in [0.2, 0.25) is 0 Å². The summed E-state index contributed by atoms with van der Waals surface area (Å²) in [4.78, 5) is 0. The number of halogens is 1. The molecule has 2 N–H and O–H groups in total. The Morgan fingerprint density at radius 2 is 2.44 bits per heavy atom. The molecule has 0 aromatic heterocycles. The van der Waals surface area contributed by atoms with Gasteiger partial charge in [-0.2, -0.15) is 0 Å². The Hall–Kier alpha value is 0.170. The molecule has 1 aliphatic carbocycles. The highest BCUT2D eigenvalue weighted by atomic mass is 127. The highest BCUT2D eigenvalue weighted by Crippen LogP contribution is 2.22. The van der Waals surface area contributed by atoms with Crippen LogP contribution in [-0.4, -0.2) is 6.04 Å². The molecule has 9 heavy (non-hydrogen) atoms. The van der Waals surface area contributed by atoms with Crippen molar-refractivity contribution < 1.29 is 0 Å². The van der Waals surface area contributed by atoms with Crippen LogP contribution in [0.25, 0.3) is 0 Å². The summed E-state index contributed by atoms with van der Waals surface area (Å²) >= 11 is 2.31. The number of allylic oxidation sites excluding steroid dienone is 2. The molecule has 0 aliphatic heterocycles. The minimum Gasteiger partial charge on any atom is -0.324 e. The summed E-state index contributed by atoms with van der Waals surface area (Å²) in [5.74, 6) is 0. The average molecular weight is 235 g/mol. The van der Waals surface area contributed by atoms with E-state index in [0.29, 0.717) is 0 Å². The van der Waals surface area contributed by atoms with Gasteiger partial charge in [-0.3, -0.25) is 0 Å². The first-order valence-corrected chi connectivity index (χ1v) is 4.08. The van der Waals surface area contributed by atoms with Gasteiger partial charge in [-0.05, 0) is 41.5 Å². The number of rotatable bonds is 0. The van der Waals surface area contributed by atoms with Crippen LogP contribution in [0, 0.1) is 0 Å². The third-order valence-corrected chi connectivity index (χ3v) is 2.64. The van der Waals surface area contributed by atoms with E-state index < -0.39 is 0 Å². The van der Waals surface area contributed by atoms with E-state index in [-0.39, 0.29) is 6.04 Å². The Morgan fingerprint density at radius 1 is 1.78 bits per heavy atom. The Labute approximate surface area is 69.1 Å². The van der Waals surface area contributed by atoms with Crippen LogP contribution in [0.5, 0.6) is 0 Å². The van der Waals surface area contributed by atoms with Crippen LogP contribution in [-0.2, 0) is 0 Å². The fourth-order valence-electron chi connectivity index (χ4n) is 0.798. The average Bonchev–Trinajstić information content (AvgIpc) is 1.80. The largest absolute Gasteiger partial charge is 0.324 e. The minimum atomic E-state index is 0.251. The van der Waals surface area contributed by atoms with Crippen molar-refractivity contribution in [3.63, 3.8) is 0 Å². The van der Waals surface area contributed by atoms with E-state index in [9.17, 15) is 0 Å². The van der Waals surface area contributed by atoms with Gasteiger partial charge in [0.25, 0.3) is 0 Å². The first-order chi connectivity index (χ1) is 4.20. The monoisotopic (exact) mass is 235 g/mol. The lowest BCUT2D eigenvalue weighted by Crippen LogP contribution is -2.18. The zero-order chi connectivity index (χ0) is 6.85. The second-order valence-corrected chi connectivity index (χ2v) is 3.46. The van der Waals surface area contributed by atoms with Gasteiger partial charge in [-0.15, -0.1) is 0 Å². The van der Waals surface area contributed by atoms with Crippen LogP contribution >= 0.6 is 22.6 Å². The molecule has 2 heteroatoms. The molecule has 1 atom stereocenters. The first kappa shape index (κ1) is 7.28. The van der Waals surface area contributed by atoms with Crippen LogP contribution in [0.4, 0.5) is 0 Å². The highest BCUT2D eigenvalue weighted by Gasteiger charge is 2.05. The molecule has 0 aromatic rings. The minimum absolute atomic E-state index is 0.251. The van der Waals surface area contributed by atoms with Gasteiger partial charge in [-0.25, -0.2) is 0 Å². The lowest BCUT2D eigenvalue weighted by Gasteiger charge is -2.11. The summed E-state index contributed by atoms with van der Waals surface area (Å²) in [6.45, 7) is 2.12. The Balaban J connectivity index is 2.75. The Kier molecular flexibility index (Phi) is 2.29. The number of hydrogen-bond acceptors (Lipinski definition) is 1. The molecule has 0 aromatic carbocycles. The van der Waals surface area contributed by atoms with Crippen molar-refractivity contribution in [2.45, 2.75) is 19.4 Å². The maximum Gasteiger partial charge on any atom is 0.0272 e. The molecule has 0 amide bonds. The predicted molar refractivity (Wildman–Crippen MR) is 48.5 cm³/mol. The zero-order valence-electron chi connectivity index (χ0n) is 5.39. The fourth-order valence-corrected chi connectivity index (χ4v) is 1.48. The van der Waals surface area contributed by atoms with Crippen molar-refractivity contribution in [3.8, 4) is 0 Å². The molecule has 1 unspecified atom stereocenters. The van der Waals surface area contributed by atoms with E-state index in [0.717, 1.165) is 6.42 Å². The van der Waals surface area contributed by atoms with Crippen LogP contribution in [0.3, 0.4) is 0 Å². The zero-order valence-corrected chi connectivity index (χ0v) is 7.55. The summed E-state index contributed by atoms with van der Waals surface area (Å²) in [5.41, 5.74) is 7.02. The van der Waals surface area contributed by atoms with Crippen molar-refractivity contribution in [2.24, 2.45) is 5.73 Å². The summed E-state index contributed by atoms with van der Waals surface area (Å²) in [5, 5.41) is 0. The fraction of sp³-hybridized carbons (Fsp3) is 0.429. The van der Waals surface area contributed by atoms with Gasteiger partial charge in [0.1, 0.15) is 0 Å². The van der Waals surface area contributed by atoms with Gasteiger partial charge in [-0.1, -0.05) is 12.2 Å². The van der Waals surface area contributed by atoms with Gasteiger partial charge < -0.3 is 5.73 Å². The standard InChI is InChI=1S/C7H10IN/c1-5-2-3-6(9)4-7(5)8/h2,4,6H,3,9H2,1H3. The molecule has 50 valence electrons. The maximum atomic E-state index is 5.66. The molecule has 0 saturated heterocycles. The molecule has 0 heterocycles.